The summed E-state index contributed by atoms with van der Waals surface area (Å²) in [6.07, 6.45) is 3.46. The van der Waals surface area contributed by atoms with Crippen LogP contribution in [0.5, 0.6) is 0 Å². The Bertz CT molecular complexity index is 877. The molecule has 0 unspecified atom stereocenters. The zero-order valence-corrected chi connectivity index (χ0v) is 13.8. The summed E-state index contributed by atoms with van der Waals surface area (Å²) in [5.74, 6) is 0.402. The molecule has 0 aliphatic carbocycles. The first-order valence-corrected chi connectivity index (χ1v) is 7.84. The molecule has 1 aromatic carbocycles. The number of piperidine rings is 1. The van der Waals surface area contributed by atoms with Crippen LogP contribution in [0.4, 0.5) is 0 Å². The number of imide groups is 1. The molecule has 2 heterocycles. The second kappa shape index (κ2) is 6.57. The minimum Gasteiger partial charge on any atom is -0.286 e. The lowest BCUT2D eigenvalue weighted by atomic mass is 9.81. The molecule has 7 heteroatoms. The van der Waals surface area contributed by atoms with Crippen LogP contribution in [0.2, 0.25) is 10.0 Å². The molecule has 0 radical (unpaired) electrons. The van der Waals surface area contributed by atoms with E-state index in [-0.39, 0.29) is 5.57 Å². The largest absolute Gasteiger partial charge is 0.296 e. The van der Waals surface area contributed by atoms with E-state index in [0.29, 0.717) is 15.6 Å². The predicted octanol–water partition coefficient (Wildman–Crippen LogP) is 2.44. The Balaban J connectivity index is 2.20. The van der Waals surface area contributed by atoms with E-state index >= 15 is 0 Å². The highest BCUT2D eigenvalue weighted by Gasteiger charge is 2.47. The van der Waals surface area contributed by atoms with Gasteiger partial charge >= 0.3 is 0 Å². The van der Waals surface area contributed by atoms with Crippen molar-refractivity contribution in [2.45, 2.75) is 12.0 Å². The SMILES string of the molecule is N=C=C1C(=O)NC(=O)[C@H]([n+]2ccccc2)[C@H]1c1ccc(Cl)c(Cl)c1. The fourth-order valence-electron chi connectivity index (χ4n) is 2.80. The number of carbonyl (C=O) groups is 2. The first-order valence-electron chi connectivity index (χ1n) is 7.08. The minimum atomic E-state index is -0.742. The van der Waals surface area contributed by atoms with Crippen LogP contribution >= 0.6 is 23.2 Å². The van der Waals surface area contributed by atoms with Crippen molar-refractivity contribution in [3.05, 3.63) is 70.0 Å². The third kappa shape index (κ3) is 2.85. The zero-order chi connectivity index (χ0) is 17.3. The van der Waals surface area contributed by atoms with Gasteiger partial charge in [0.15, 0.2) is 12.4 Å². The Morgan fingerprint density at radius 1 is 1.08 bits per heavy atom. The maximum absolute atomic E-state index is 12.5. The van der Waals surface area contributed by atoms with Crippen LogP contribution in [0.25, 0.3) is 0 Å². The summed E-state index contributed by atoms with van der Waals surface area (Å²) in [7, 11) is 0. The molecule has 0 saturated carbocycles. The highest BCUT2D eigenvalue weighted by Crippen LogP contribution is 2.37. The van der Waals surface area contributed by atoms with E-state index in [1.54, 1.807) is 47.3 Å². The molecule has 0 bridgehead atoms. The molecular formula is C17H12Cl2N3O2+. The molecule has 0 spiro atoms. The number of hydrogen-bond acceptors (Lipinski definition) is 3. The summed E-state index contributed by atoms with van der Waals surface area (Å²) >= 11 is 12.0. The Morgan fingerprint density at radius 3 is 2.42 bits per heavy atom. The van der Waals surface area contributed by atoms with Crippen molar-refractivity contribution < 1.29 is 14.2 Å². The van der Waals surface area contributed by atoms with Gasteiger partial charge in [0, 0.05) is 12.1 Å². The van der Waals surface area contributed by atoms with Crippen molar-refractivity contribution in [2.24, 2.45) is 0 Å². The summed E-state index contributed by atoms with van der Waals surface area (Å²) in [6, 6.07) is 9.54. The van der Waals surface area contributed by atoms with Gasteiger partial charge in [0.1, 0.15) is 0 Å². The van der Waals surface area contributed by atoms with Crippen molar-refractivity contribution in [2.75, 3.05) is 0 Å². The number of hydrogen-bond donors (Lipinski definition) is 2. The molecule has 3 rings (SSSR count). The van der Waals surface area contributed by atoms with Crippen LogP contribution < -0.4 is 9.88 Å². The van der Waals surface area contributed by atoms with Gasteiger partial charge in [-0.2, -0.15) is 4.57 Å². The maximum atomic E-state index is 12.5. The van der Waals surface area contributed by atoms with E-state index < -0.39 is 23.8 Å². The number of halogens is 2. The fraction of sp³-hybridized carbons (Fsp3) is 0.118. The Labute approximate surface area is 148 Å². The molecule has 1 fully saturated rings. The summed E-state index contributed by atoms with van der Waals surface area (Å²) in [6.45, 7) is 0. The Hall–Kier alpha value is -2.46. The first-order chi connectivity index (χ1) is 11.5. The molecule has 5 nitrogen and oxygen atoms in total. The minimum absolute atomic E-state index is 0.0642. The Morgan fingerprint density at radius 2 is 1.79 bits per heavy atom. The average molecular weight is 361 g/mol. The van der Waals surface area contributed by atoms with Crippen molar-refractivity contribution >= 4 is 40.9 Å². The highest BCUT2D eigenvalue weighted by atomic mass is 35.5. The lowest BCUT2D eigenvalue weighted by molar-refractivity contribution is -0.711. The smallest absolute Gasteiger partial charge is 0.286 e. The zero-order valence-electron chi connectivity index (χ0n) is 12.3. The summed E-state index contributed by atoms with van der Waals surface area (Å²) in [5.41, 5.74) is 0.679. The number of nitrogens with one attached hydrogen (secondary N) is 2. The van der Waals surface area contributed by atoms with Gasteiger partial charge in [0.2, 0.25) is 6.04 Å². The molecule has 1 aromatic heterocycles. The number of benzene rings is 1. The second-order valence-corrected chi connectivity index (χ2v) is 6.09. The predicted molar refractivity (Wildman–Crippen MR) is 89.3 cm³/mol. The van der Waals surface area contributed by atoms with E-state index in [1.165, 1.54) is 0 Å². The van der Waals surface area contributed by atoms with Crippen molar-refractivity contribution in [3.63, 3.8) is 0 Å². The summed E-state index contributed by atoms with van der Waals surface area (Å²) < 4.78 is 1.69. The standard InChI is InChI=1S/C17H11Cl2N3O2/c18-12-5-4-10(8-13(12)19)14-11(9-20)16(23)21-17(24)15(14)22-6-2-1-3-7-22/h1-8,14-15,20H/p+1/t14-,15+/m0/s1. The van der Waals surface area contributed by atoms with Crippen LogP contribution in [0.3, 0.4) is 0 Å². The molecular weight excluding hydrogens is 349 g/mol. The molecule has 2 aromatic rings. The van der Waals surface area contributed by atoms with Gasteiger partial charge in [-0.3, -0.25) is 20.3 Å². The molecule has 1 aliphatic heterocycles. The fourth-order valence-corrected chi connectivity index (χ4v) is 3.10. The van der Waals surface area contributed by atoms with Crippen LogP contribution in [0.1, 0.15) is 17.5 Å². The number of pyridine rings is 1. The topological polar surface area (TPSA) is 73.9 Å². The van der Waals surface area contributed by atoms with Gasteiger partial charge in [0.25, 0.3) is 11.8 Å². The number of rotatable bonds is 2. The number of nitrogens with zero attached hydrogens (tertiary/aromatic N) is 1. The van der Waals surface area contributed by atoms with Gasteiger partial charge in [-0.25, -0.2) is 0 Å². The van der Waals surface area contributed by atoms with Gasteiger partial charge in [-0.15, -0.1) is 0 Å². The molecule has 2 atom stereocenters. The molecule has 2 amide bonds. The van der Waals surface area contributed by atoms with Gasteiger partial charge in [-0.1, -0.05) is 35.3 Å². The van der Waals surface area contributed by atoms with Crippen molar-refractivity contribution in [3.8, 4) is 0 Å². The summed E-state index contributed by atoms with van der Waals surface area (Å²) in [4.78, 5) is 24.6. The van der Waals surface area contributed by atoms with Crippen LogP contribution in [-0.4, -0.2) is 17.7 Å². The molecule has 120 valence electrons. The highest BCUT2D eigenvalue weighted by molar-refractivity contribution is 6.42. The van der Waals surface area contributed by atoms with E-state index in [9.17, 15) is 9.59 Å². The Kier molecular flexibility index (Phi) is 4.49. The van der Waals surface area contributed by atoms with E-state index in [4.69, 9.17) is 28.6 Å². The van der Waals surface area contributed by atoms with Crippen molar-refractivity contribution in [1.82, 2.24) is 5.32 Å². The number of amides is 2. The van der Waals surface area contributed by atoms with Crippen LogP contribution in [0, 0.1) is 5.41 Å². The quantitative estimate of drug-likeness (QED) is 0.373. The van der Waals surface area contributed by atoms with Crippen LogP contribution in [-0.2, 0) is 9.59 Å². The normalized spacial score (nSPS) is 20.5. The van der Waals surface area contributed by atoms with Crippen molar-refractivity contribution in [1.29, 1.82) is 5.41 Å². The van der Waals surface area contributed by atoms with Crippen LogP contribution in [0.15, 0.2) is 54.4 Å². The first kappa shape index (κ1) is 16.4. The van der Waals surface area contributed by atoms with E-state index in [1.807, 2.05) is 6.07 Å². The second-order valence-electron chi connectivity index (χ2n) is 5.28. The van der Waals surface area contributed by atoms with Gasteiger partial charge in [0.05, 0.1) is 21.5 Å². The molecule has 1 aliphatic rings. The molecule has 2 N–H and O–H groups in total. The third-order valence-corrected chi connectivity index (χ3v) is 4.61. The van der Waals surface area contributed by atoms with E-state index in [2.05, 4.69) is 11.2 Å². The average Bonchev–Trinajstić information content (AvgIpc) is 2.57. The molecule has 24 heavy (non-hydrogen) atoms. The van der Waals surface area contributed by atoms with Gasteiger partial charge < -0.3 is 0 Å². The number of carbonyl (C=O) groups excluding carboxylic acids is 2. The summed E-state index contributed by atoms with van der Waals surface area (Å²) in [5, 5.41) is 10.5. The monoisotopic (exact) mass is 360 g/mol. The molecule has 1 saturated heterocycles. The number of aromatic nitrogens is 1. The van der Waals surface area contributed by atoms with Gasteiger partial charge in [-0.05, 0) is 23.6 Å². The van der Waals surface area contributed by atoms with E-state index in [0.717, 1.165) is 0 Å². The lowest BCUT2D eigenvalue weighted by Gasteiger charge is -2.27. The third-order valence-electron chi connectivity index (χ3n) is 3.87. The lowest BCUT2D eigenvalue weighted by Crippen LogP contribution is -2.57. The maximum Gasteiger partial charge on any atom is 0.296 e.